The first-order valence-electron chi connectivity index (χ1n) is 6.80. The van der Waals surface area contributed by atoms with Gasteiger partial charge < -0.3 is 5.32 Å². The van der Waals surface area contributed by atoms with Gasteiger partial charge in [-0.1, -0.05) is 29.8 Å². The van der Waals surface area contributed by atoms with E-state index in [0.29, 0.717) is 0 Å². The molecule has 0 bridgehead atoms. The summed E-state index contributed by atoms with van der Waals surface area (Å²) in [6, 6.07) is 4.71. The Balaban J connectivity index is 2.30. The minimum Gasteiger partial charge on any atom is -0.312 e. The van der Waals surface area contributed by atoms with E-state index in [1.54, 1.807) is 17.4 Å². The summed E-state index contributed by atoms with van der Waals surface area (Å²) in [6.07, 6.45) is 2.01. The highest BCUT2D eigenvalue weighted by Crippen LogP contribution is 2.34. The molecule has 0 aliphatic carbocycles. The maximum Gasteiger partial charge on any atom is 0.125 e. The third-order valence-electron chi connectivity index (χ3n) is 2.98. The Labute approximate surface area is 131 Å². The van der Waals surface area contributed by atoms with E-state index in [2.05, 4.69) is 40.1 Å². The van der Waals surface area contributed by atoms with E-state index < -0.39 is 0 Å². The van der Waals surface area contributed by atoms with Gasteiger partial charge in [-0.3, -0.25) is 0 Å². The van der Waals surface area contributed by atoms with Crippen LogP contribution in [0.2, 0.25) is 0 Å². The van der Waals surface area contributed by atoms with Crippen LogP contribution in [0.25, 0.3) is 10.6 Å². The molecule has 0 spiro atoms. The highest BCUT2D eigenvalue weighted by molar-refractivity contribution is 9.10. The molecule has 5 heteroatoms. The standard InChI is InChI=1S/C15H18BrFN2S/c1-3-7-18-9-14-13(4-2)19-15(20-14)11-8-10(17)5-6-12(11)16/h5-6,8,18H,3-4,7,9H2,1-2H3. The summed E-state index contributed by atoms with van der Waals surface area (Å²) in [5.74, 6) is -0.234. The molecule has 20 heavy (non-hydrogen) atoms. The molecule has 0 saturated carbocycles. The van der Waals surface area contributed by atoms with Gasteiger partial charge in [0.25, 0.3) is 0 Å². The fraction of sp³-hybridized carbons (Fsp3) is 0.400. The first-order valence-corrected chi connectivity index (χ1v) is 8.41. The van der Waals surface area contributed by atoms with Crippen molar-refractivity contribution in [2.45, 2.75) is 33.2 Å². The molecule has 0 radical (unpaired) electrons. The van der Waals surface area contributed by atoms with Crippen molar-refractivity contribution in [1.82, 2.24) is 10.3 Å². The van der Waals surface area contributed by atoms with Gasteiger partial charge in [0.2, 0.25) is 0 Å². The largest absolute Gasteiger partial charge is 0.312 e. The van der Waals surface area contributed by atoms with Crippen LogP contribution in [0.5, 0.6) is 0 Å². The lowest BCUT2D eigenvalue weighted by molar-refractivity contribution is 0.628. The van der Waals surface area contributed by atoms with Crippen molar-refractivity contribution in [3.8, 4) is 10.6 Å². The normalized spacial score (nSPS) is 11.0. The van der Waals surface area contributed by atoms with E-state index in [-0.39, 0.29) is 5.82 Å². The van der Waals surface area contributed by atoms with Crippen LogP contribution in [0.3, 0.4) is 0 Å². The maximum absolute atomic E-state index is 13.4. The summed E-state index contributed by atoms with van der Waals surface area (Å²) in [7, 11) is 0. The van der Waals surface area contributed by atoms with Crippen LogP contribution >= 0.6 is 27.3 Å². The quantitative estimate of drug-likeness (QED) is 0.753. The zero-order valence-electron chi connectivity index (χ0n) is 11.7. The van der Waals surface area contributed by atoms with E-state index in [4.69, 9.17) is 0 Å². The van der Waals surface area contributed by atoms with Crippen LogP contribution in [-0.2, 0) is 13.0 Å². The molecule has 1 aromatic heterocycles. The maximum atomic E-state index is 13.4. The minimum atomic E-state index is -0.234. The second-order valence-electron chi connectivity index (χ2n) is 4.54. The predicted octanol–water partition coefficient (Wildman–Crippen LogP) is 4.77. The minimum absolute atomic E-state index is 0.234. The Kier molecular flexibility index (Phi) is 5.69. The van der Waals surface area contributed by atoms with Gasteiger partial charge in [-0.15, -0.1) is 11.3 Å². The third kappa shape index (κ3) is 3.65. The first kappa shape index (κ1) is 15.6. The third-order valence-corrected chi connectivity index (χ3v) is 4.81. The molecule has 0 saturated heterocycles. The molecule has 0 unspecified atom stereocenters. The van der Waals surface area contributed by atoms with Crippen molar-refractivity contribution >= 4 is 27.3 Å². The lowest BCUT2D eigenvalue weighted by Gasteiger charge is -2.01. The van der Waals surface area contributed by atoms with E-state index >= 15 is 0 Å². The molecule has 2 aromatic rings. The van der Waals surface area contributed by atoms with Gasteiger partial charge in [0.05, 0.1) is 5.69 Å². The van der Waals surface area contributed by atoms with Gasteiger partial charge in [0.1, 0.15) is 10.8 Å². The van der Waals surface area contributed by atoms with Crippen molar-refractivity contribution in [1.29, 1.82) is 0 Å². The number of aromatic nitrogens is 1. The van der Waals surface area contributed by atoms with Gasteiger partial charge >= 0.3 is 0 Å². The Morgan fingerprint density at radius 1 is 1.35 bits per heavy atom. The van der Waals surface area contributed by atoms with E-state index in [9.17, 15) is 4.39 Å². The predicted molar refractivity (Wildman–Crippen MR) is 86.6 cm³/mol. The van der Waals surface area contributed by atoms with Crippen molar-refractivity contribution in [2.24, 2.45) is 0 Å². The zero-order chi connectivity index (χ0) is 14.5. The highest BCUT2D eigenvalue weighted by Gasteiger charge is 2.13. The van der Waals surface area contributed by atoms with Crippen molar-refractivity contribution in [2.75, 3.05) is 6.54 Å². The van der Waals surface area contributed by atoms with Crippen LogP contribution in [0.1, 0.15) is 30.8 Å². The van der Waals surface area contributed by atoms with Crippen molar-refractivity contribution in [3.05, 3.63) is 39.1 Å². The highest BCUT2D eigenvalue weighted by atomic mass is 79.9. The van der Waals surface area contributed by atoms with Crippen molar-refractivity contribution in [3.63, 3.8) is 0 Å². The number of benzene rings is 1. The fourth-order valence-corrected chi connectivity index (χ4v) is 3.67. The van der Waals surface area contributed by atoms with Gasteiger partial charge in [0, 0.05) is 21.5 Å². The van der Waals surface area contributed by atoms with E-state index in [1.165, 1.54) is 17.0 Å². The van der Waals surface area contributed by atoms with E-state index in [0.717, 1.165) is 46.7 Å². The molecule has 0 aliphatic heterocycles. The molecule has 108 valence electrons. The Bertz CT molecular complexity index is 583. The number of hydrogen-bond donors (Lipinski definition) is 1. The first-order chi connectivity index (χ1) is 9.65. The van der Waals surface area contributed by atoms with Gasteiger partial charge in [-0.05, 0) is 37.6 Å². The summed E-state index contributed by atoms with van der Waals surface area (Å²) in [5, 5.41) is 4.28. The SMILES string of the molecule is CCCNCc1sc(-c2cc(F)ccc2Br)nc1CC. The number of halogens is 2. The average Bonchev–Trinajstić information content (AvgIpc) is 2.85. The number of hydrogen-bond acceptors (Lipinski definition) is 3. The lowest BCUT2D eigenvalue weighted by Crippen LogP contribution is -2.13. The molecule has 0 amide bonds. The monoisotopic (exact) mass is 356 g/mol. The molecule has 2 nitrogen and oxygen atoms in total. The summed E-state index contributed by atoms with van der Waals surface area (Å²) in [4.78, 5) is 5.90. The van der Waals surface area contributed by atoms with Crippen molar-refractivity contribution < 1.29 is 4.39 Å². The molecule has 0 aliphatic rings. The molecule has 0 atom stereocenters. The second-order valence-corrected chi connectivity index (χ2v) is 6.48. The van der Waals surface area contributed by atoms with Crippen LogP contribution in [-0.4, -0.2) is 11.5 Å². The van der Waals surface area contributed by atoms with Crippen LogP contribution in [0.15, 0.2) is 22.7 Å². The summed E-state index contributed by atoms with van der Waals surface area (Å²) >= 11 is 5.11. The number of aryl methyl sites for hydroxylation is 1. The number of thiazole rings is 1. The van der Waals surface area contributed by atoms with Crippen LogP contribution < -0.4 is 5.32 Å². The molecule has 1 heterocycles. The fourth-order valence-electron chi connectivity index (χ4n) is 1.95. The lowest BCUT2D eigenvalue weighted by atomic mass is 10.2. The smallest absolute Gasteiger partial charge is 0.125 e. The van der Waals surface area contributed by atoms with E-state index in [1.807, 2.05) is 0 Å². The molecule has 2 rings (SSSR count). The number of nitrogens with one attached hydrogen (secondary N) is 1. The molecular formula is C15H18BrFN2S. The van der Waals surface area contributed by atoms with Crippen LogP contribution in [0.4, 0.5) is 4.39 Å². The average molecular weight is 357 g/mol. The Hall–Kier alpha value is -0.780. The zero-order valence-corrected chi connectivity index (χ0v) is 14.1. The molecule has 1 aromatic carbocycles. The molecule has 1 N–H and O–H groups in total. The Morgan fingerprint density at radius 3 is 2.85 bits per heavy atom. The van der Waals surface area contributed by atoms with Gasteiger partial charge in [-0.25, -0.2) is 9.37 Å². The topological polar surface area (TPSA) is 24.9 Å². The molecular weight excluding hydrogens is 339 g/mol. The summed E-state index contributed by atoms with van der Waals surface area (Å²) in [6.45, 7) is 6.08. The van der Waals surface area contributed by atoms with Crippen LogP contribution in [0, 0.1) is 5.82 Å². The summed E-state index contributed by atoms with van der Waals surface area (Å²) < 4.78 is 14.3. The number of rotatable bonds is 6. The second kappa shape index (κ2) is 7.29. The molecule has 0 fully saturated rings. The van der Waals surface area contributed by atoms with Gasteiger partial charge in [-0.2, -0.15) is 0 Å². The summed E-state index contributed by atoms with van der Waals surface area (Å²) in [5.41, 5.74) is 1.93. The number of nitrogens with zero attached hydrogens (tertiary/aromatic N) is 1. The Morgan fingerprint density at radius 2 is 2.15 bits per heavy atom. The van der Waals surface area contributed by atoms with Gasteiger partial charge in [0.15, 0.2) is 0 Å².